The van der Waals surface area contributed by atoms with Crippen molar-refractivity contribution in [2.75, 3.05) is 18.1 Å². The standard InChI is InChI=1S/C17H13Cl2FN2O2S2/c18-13-7-10(15(19)26-13)16(23)22(8-9-3-2-6-24-9)17-21-14-11(20)4-1-5-12(14)25-17/h1,4-5,7,9H,2-3,6,8H2/t9-/m1/s1. The van der Waals surface area contributed by atoms with Crippen molar-refractivity contribution >= 4 is 67.1 Å². The molecule has 1 aliphatic rings. The van der Waals surface area contributed by atoms with Crippen molar-refractivity contribution in [1.29, 1.82) is 0 Å². The number of hydrogen-bond acceptors (Lipinski definition) is 5. The van der Waals surface area contributed by atoms with E-state index in [1.807, 2.05) is 0 Å². The maximum Gasteiger partial charge on any atom is 0.262 e. The van der Waals surface area contributed by atoms with Gasteiger partial charge < -0.3 is 4.74 Å². The Hall–Kier alpha value is -1.25. The fourth-order valence-electron chi connectivity index (χ4n) is 2.89. The molecule has 4 nitrogen and oxygen atoms in total. The molecule has 9 heteroatoms. The number of fused-ring (bicyclic) bond motifs is 1. The van der Waals surface area contributed by atoms with Gasteiger partial charge in [0.15, 0.2) is 5.13 Å². The zero-order valence-corrected chi connectivity index (χ0v) is 16.5. The minimum atomic E-state index is -0.411. The van der Waals surface area contributed by atoms with E-state index in [4.69, 9.17) is 27.9 Å². The third-order valence-corrected chi connectivity index (χ3v) is 6.66. The maximum atomic E-state index is 14.0. The molecule has 136 valence electrons. The van der Waals surface area contributed by atoms with Gasteiger partial charge in [-0.1, -0.05) is 40.6 Å². The summed E-state index contributed by atoms with van der Waals surface area (Å²) in [7, 11) is 0. The summed E-state index contributed by atoms with van der Waals surface area (Å²) < 4.78 is 21.2. The number of carbonyl (C=O) groups excluding carboxylic acids is 1. The predicted octanol–water partition coefficient (Wildman–Crippen LogP) is 5.63. The highest BCUT2D eigenvalue weighted by molar-refractivity contribution is 7.22. The molecule has 0 saturated carbocycles. The lowest BCUT2D eigenvalue weighted by atomic mass is 10.2. The Balaban J connectivity index is 1.75. The second-order valence-corrected chi connectivity index (χ2v) is 9.17. The number of halogens is 3. The highest BCUT2D eigenvalue weighted by atomic mass is 35.5. The molecule has 0 aliphatic carbocycles. The molecule has 4 rings (SSSR count). The topological polar surface area (TPSA) is 42.4 Å². The lowest BCUT2D eigenvalue weighted by Gasteiger charge is -2.22. The fourth-order valence-corrected chi connectivity index (χ4v) is 5.33. The second kappa shape index (κ2) is 7.40. The van der Waals surface area contributed by atoms with Gasteiger partial charge in [-0.2, -0.15) is 0 Å². The number of rotatable bonds is 4. The highest BCUT2D eigenvalue weighted by Gasteiger charge is 2.29. The van der Waals surface area contributed by atoms with Gasteiger partial charge in [0, 0.05) is 6.61 Å². The first-order chi connectivity index (χ1) is 12.5. The quantitative estimate of drug-likeness (QED) is 0.538. The van der Waals surface area contributed by atoms with E-state index in [1.54, 1.807) is 18.2 Å². The first-order valence-electron chi connectivity index (χ1n) is 7.96. The van der Waals surface area contributed by atoms with Crippen LogP contribution in [0.4, 0.5) is 9.52 Å². The van der Waals surface area contributed by atoms with Gasteiger partial charge in [0.1, 0.15) is 15.7 Å². The van der Waals surface area contributed by atoms with E-state index >= 15 is 0 Å². The van der Waals surface area contributed by atoms with Crippen LogP contribution in [-0.4, -0.2) is 30.1 Å². The molecule has 3 aromatic rings. The summed E-state index contributed by atoms with van der Waals surface area (Å²) in [5, 5.41) is 0.420. The van der Waals surface area contributed by atoms with Crippen LogP contribution in [0, 0.1) is 5.82 Å². The number of thiazole rings is 1. The Morgan fingerprint density at radius 1 is 1.38 bits per heavy atom. The monoisotopic (exact) mass is 430 g/mol. The zero-order valence-electron chi connectivity index (χ0n) is 13.4. The van der Waals surface area contributed by atoms with Crippen LogP contribution in [0.2, 0.25) is 8.67 Å². The first kappa shape index (κ1) is 18.1. The molecule has 1 saturated heterocycles. The smallest absolute Gasteiger partial charge is 0.262 e. The molecule has 1 aromatic carbocycles. The van der Waals surface area contributed by atoms with Gasteiger partial charge in [-0.05, 0) is 31.0 Å². The van der Waals surface area contributed by atoms with E-state index in [0.29, 0.717) is 37.2 Å². The molecular weight excluding hydrogens is 418 g/mol. The average Bonchev–Trinajstić information content (AvgIpc) is 3.32. The number of hydrogen-bond donors (Lipinski definition) is 0. The van der Waals surface area contributed by atoms with Gasteiger partial charge in [0.25, 0.3) is 5.91 Å². The third kappa shape index (κ3) is 3.46. The summed E-state index contributed by atoms with van der Waals surface area (Å²) in [6.07, 6.45) is 1.73. The Bertz CT molecular complexity index is 969. The molecule has 0 spiro atoms. The lowest BCUT2D eigenvalue weighted by molar-refractivity contribution is 0.0918. The third-order valence-electron chi connectivity index (χ3n) is 4.13. The number of amides is 1. The summed E-state index contributed by atoms with van der Waals surface area (Å²) in [6, 6.07) is 6.31. The van der Waals surface area contributed by atoms with Gasteiger partial charge in [-0.3, -0.25) is 9.69 Å². The van der Waals surface area contributed by atoms with Crippen molar-refractivity contribution in [3.8, 4) is 0 Å². The number of anilines is 1. The van der Waals surface area contributed by atoms with Crippen LogP contribution in [0.25, 0.3) is 10.2 Å². The van der Waals surface area contributed by atoms with Crippen molar-refractivity contribution in [3.63, 3.8) is 0 Å². The van der Waals surface area contributed by atoms with Crippen LogP contribution in [0.5, 0.6) is 0 Å². The zero-order chi connectivity index (χ0) is 18.3. The average molecular weight is 431 g/mol. The number of ether oxygens (including phenoxy) is 1. The lowest BCUT2D eigenvalue weighted by Crippen LogP contribution is -2.37. The van der Waals surface area contributed by atoms with Crippen molar-refractivity contribution in [2.45, 2.75) is 18.9 Å². The molecule has 0 radical (unpaired) electrons. The predicted molar refractivity (Wildman–Crippen MR) is 105 cm³/mol. The van der Waals surface area contributed by atoms with Gasteiger partial charge >= 0.3 is 0 Å². The summed E-state index contributed by atoms with van der Waals surface area (Å²) in [4.78, 5) is 19.0. The Labute approximate surface area is 167 Å². The molecule has 1 amide bonds. The van der Waals surface area contributed by atoms with Gasteiger partial charge in [-0.25, -0.2) is 9.37 Å². The molecule has 1 atom stereocenters. The fraction of sp³-hybridized carbons (Fsp3) is 0.294. The molecule has 0 bridgehead atoms. The number of carbonyl (C=O) groups is 1. The number of thiophene rings is 1. The van der Waals surface area contributed by atoms with Crippen molar-refractivity contribution in [2.24, 2.45) is 0 Å². The summed E-state index contributed by atoms with van der Waals surface area (Å²) in [5.41, 5.74) is 0.575. The van der Waals surface area contributed by atoms with Crippen LogP contribution < -0.4 is 4.90 Å². The maximum absolute atomic E-state index is 14.0. The molecular formula is C17H13Cl2FN2O2S2. The van der Waals surface area contributed by atoms with Crippen molar-refractivity contribution in [3.05, 3.63) is 44.3 Å². The number of para-hydroxylation sites is 1. The van der Waals surface area contributed by atoms with Crippen LogP contribution in [-0.2, 0) is 4.74 Å². The highest BCUT2D eigenvalue weighted by Crippen LogP contribution is 2.36. The molecule has 3 heterocycles. The van der Waals surface area contributed by atoms with Gasteiger partial charge in [0.05, 0.1) is 27.2 Å². The SMILES string of the molecule is O=C(c1cc(Cl)sc1Cl)N(C[C@H]1CCCO1)c1nc2c(F)cccc2s1. The van der Waals surface area contributed by atoms with E-state index in [0.717, 1.165) is 24.2 Å². The molecule has 1 aliphatic heterocycles. The number of aromatic nitrogens is 1. The summed E-state index contributed by atoms with van der Waals surface area (Å²) >= 11 is 14.6. The largest absolute Gasteiger partial charge is 0.376 e. The van der Waals surface area contributed by atoms with E-state index < -0.39 is 5.82 Å². The van der Waals surface area contributed by atoms with Gasteiger partial charge in [-0.15, -0.1) is 11.3 Å². The van der Waals surface area contributed by atoms with Crippen molar-refractivity contribution < 1.29 is 13.9 Å². The van der Waals surface area contributed by atoms with E-state index in [-0.39, 0.29) is 17.5 Å². The van der Waals surface area contributed by atoms with Crippen molar-refractivity contribution in [1.82, 2.24) is 4.98 Å². The Morgan fingerprint density at radius 3 is 2.88 bits per heavy atom. The Kier molecular flexibility index (Phi) is 5.16. The van der Waals surface area contributed by atoms with E-state index in [2.05, 4.69) is 4.98 Å². The number of nitrogens with zero attached hydrogens (tertiary/aromatic N) is 2. The molecule has 0 N–H and O–H groups in total. The van der Waals surface area contributed by atoms with Crippen LogP contribution in [0.15, 0.2) is 24.3 Å². The minimum Gasteiger partial charge on any atom is -0.376 e. The van der Waals surface area contributed by atoms with Crippen LogP contribution >= 0.6 is 45.9 Å². The summed E-state index contributed by atoms with van der Waals surface area (Å²) in [5.74, 6) is -0.723. The van der Waals surface area contributed by atoms with E-state index in [9.17, 15) is 9.18 Å². The number of benzene rings is 1. The second-order valence-electron chi connectivity index (χ2n) is 5.87. The molecule has 1 fully saturated rings. The van der Waals surface area contributed by atoms with Gasteiger partial charge in [0.2, 0.25) is 0 Å². The first-order valence-corrected chi connectivity index (χ1v) is 10.3. The Morgan fingerprint density at radius 2 is 2.23 bits per heavy atom. The normalized spacial score (nSPS) is 17.1. The molecule has 0 unspecified atom stereocenters. The molecule has 2 aromatic heterocycles. The minimum absolute atomic E-state index is 0.0799. The van der Waals surface area contributed by atoms with Crippen LogP contribution in [0.1, 0.15) is 23.2 Å². The van der Waals surface area contributed by atoms with E-state index in [1.165, 1.54) is 22.3 Å². The summed E-state index contributed by atoms with van der Waals surface area (Å²) in [6.45, 7) is 1.01. The van der Waals surface area contributed by atoms with Crippen LogP contribution in [0.3, 0.4) is 0 Å². The molecule has 26 heavy (non-hydrogen) atoms.